The summed E-state index contributed by atoms with van der Waals surface area (Å²) in [5.74, 6) is 0. The Hall–Kier alpha value is -2.37. The third-order valence-electron chi connectivity index (χ3n) is 6.36. The first-order valence-electron chi connectivity index (χ1n) is 10.6. The Morgan fingerprint density at radius 1 is 1.10 bits per heavy atom. The monoisotopic (exact) mass is 436 g/mol. The third kappa shape index (κ3) is 3.40. The summed E-state index contributed by atoms with van der Waals surface area (Å²) in [5.41, 5.74) is 4.42. The molecular formula is C24H25ClN4S. The van der Waals surface area contributed by atoms with Crippen LogP contribution in [0.15, 0.2) is 60.9 Å². The van der Waals surface area contributed by atoms with Crippen molar-refractivity contribution in [2.75, 3.05) is 0 Å². The van der Waals surface area contributed by atoms with E-state index in [0.29, 0.717) is 6.04 Å². The number of hydrogen-bond donors (Lipinski definition) is 1. The Kier molecular flexibility index (Phi) is 5.25. The van der Waals surface area contributed by atoms with Gasteiger partial charge in [-0.15, -0.1) is 0 Å². The second-order valence-corrected chi connectivity index (χ2v) is 9.00. The molecule has 30 heavy (non-hydrogen) atoms. The van der Waals surface area contributed by atoms with E-state index >= 15 is 0 Å². The van der Waals surface area contributed by atoms with Gasteiger partial charge in [-0.1, -0.05) is 30.5 Å². The Balaban J connectivity index is 1.62. The number of thiocarbonyl (C=S) groups is 1. The lowest BCUT2D eigenvalue weighted by atomic mass is 9.99. The molecule has 3 heterocycles. The smallest absolute Gasteiger partial charge is 0.170 e. The topological polar surface area (TPSA) is 33.1 Å². The molecule has 1 N–H and O–H groups in total. The molecule has 0 spiro atoms. The maximum absolute atomic E-state index is 6.29. The van der Waals surface area contributed by atoms with Crippen LogP contribution >= 0.6 is 23.8 Å². The van der Waals surface area contributed by atoms with Gasteiger partial charge in [0.15, 0.2) is 5.11 Å². The van der Waals surface area contributed by atoms with Crippen LogP contribution < -0.4 is 5.32 Å². The second kappa shape index (κ2) is 8.05. The fourth-order valence-corrected chi connectivity index (χ4v) is 5.41. The summed E-state index contributed by atoms with van der Waals surface area (Å²) in [6.45, 7) is 2.04. The lowest BCUT2D eigenvalue weighted by molar-refractivity contribution is 0.239. The van der Waals surface area contributed by atoms with Crippen LogP contribution in [-0.2, 0) is 0 Å². The van der Waals surface area contributed by atoms with Gasteiger partial charge in [0.1, 0.15) is 0 Å². The minimum atomic E-state index is 0.0151. The van der Waals surface area contributed by atoms with Gasteiger partial charge in [-0.2, -0.15) is 0 Å². The van der Waals surface area contributed by atoms with Gasteiger partial charge >= 0.3 is 0 Å². The number of benzene rings is 1. The van der Waals surface area contributed by atoms with E-state index in [9.17, 15) is 0 Å². The van der Waals surface area contributed by atoms with Gasteiger partial charge in [0.2, 0.25) is 0 Å². The van der Waals surface area contributed by atoms with Crippen LogP contribution in [0, 0.1) is 6.92 Å². The van der Waals surface area contributed by atoms with Gasteiger partial charge in [0.05, 0.1) is 17.8 Å². The fraction of sp³-hybridized carbons (Fsp3) is 0.333. The Morgan fingerprint density at radius 3 is 2.67 bits per heavy atom. The summed E-state index contributed by atoms with van der Waals surface area (Å²) in [6.07, 6.45) is 8.89. The molecule has 2 aromatic heterocycles. The molecular weight excluding hydrogens is 412 g/mol. The molecule has 1 aromatic carbocycles. The van der Waals surface area contributed by atoms with Crippen LogP contribution in [-0.4, -0.2) is 25.6 Å². The van der Waals surface area contributed by atoms with E-state index in [0.717, 1.165) is 27.1 Å². The van der Waals surface area contributed by atoms with Crippen molar-refractivity contribution in [1.29, 1.82) is 0 Å². The van der Waals surface area contributed by atoms with Crippen molar-refractivity contribution in [3.63, 3.8) is 0 Å². The van der Waals surface area contributed by atoms with Crippen molar-refractivity contribution >= 4 is 28.9 Å². The minimum absolute atomic E-state index is 0.0151. The summed E-state index contributed by atoms with van der Waals surface area (Å²) in [6, 6.07) is 17.2. The first-order valence-corrected chi connectivity index (χ1v) is 11.4. The van der Waals surface area contributed by atoms with Crippen molar-refractivity contribution in [2.45, 2.75) is 50.7 Å². The van der Waals surface area contributed by atoms with Crippen molar-refractivity contribution in [2.24, 2.45) is 0 Å². The molecule has 5 rings (SSSR count). The van der Waals surface area contributed by atoms with Crippen LogP contribution in [0.2, 0.25) is 5.02 Å². The highest BCUT2D eigenvalue weighted by Crippen LogP contribution is 2.43. The Bertz CT molecular complexity index is 1060. The highest BCUT2D eigenvalue weighted by molar-refractivity contribution is 7.80. The van der Waals surface area contributed by atoms with Gasteiger partial charge < -0.3 is 14.8 Å². The molecule has 4 nitrogen and oxygen atoms in total. The number of aryl methyl sites for hydroxylation is 1. The zero-order valence-electron chi connectivity index (χ0n) is 17.0. The van der Waals surface area contributed by atoms with Crippen molar-refractivity contribution < 1.29 is 0 Å². The molecule has 0 amide bonds. The van der Waals surface area contributed by atoms with E-state index in [1.54, 1.807) is 0 Å². The maximum Gasteiger partial charge on any atom is 0.170 e. The summed E-state index contributed by atoms with van der Waals surface area (Å²) < 4.78 is 2.27. The predicted molar refractivity (Wildman–Crippen MR) is 125 cm³/mol. The van der Waals surface area contributed by atoms with Gasteiger partial charge in [0, 0.05) is 34.8 Å². The third-order valence-corrected chi connectivity index (χ3v) is 7.11. The lowest BCUT2D eigenvalue weighted by Crippen LogP contribution is -2.38. The average molecular weight is 437 g/mol. The van der Waals surface area contributed by atoms with Gasteiger partial charge in [-0.25, -0.2) is 0 Å². The number of rotatable bonds is 4. The summed E-state index contributed by atoms with van der Waals surface area (Å²) in [7, 11) is 0. The number of hydrogen-bond acceptors (Lipinski definition) is 2. The molecule has 1 saturated carbocycles. The first-order chi connectivity index (χ1) is 14.6. The molecule has 1 saturated heterocycles. The van der Waals surface area contributed by atoms with Crippen LogP contribution in [0.5, 0.6) is 0 Å². The van der Waals surface area contributed by atoms with Crippen LogP contribution in [0.4, 0.5) is 0 Å². The number of halogens is 1. The van der Waals surface area contributed by atoms with Crippen LogP contribution in [0.25, 0.3) is 5.69 Å². The van der Waals surface area contributed by atoms with Crippen molar-refractivity contribution in [3.8, 4) is 5.69 Å². The maximum atomic E-state index is 6.29. The Labute approximate surface area is 187 Å². The van der Waals surface area contributed by atoms with E-state index in [1.807, 2.05) is 31.3 Å². The standard InChI is InChI=1S/C24H25ClN4S/c1-16-15-18(11-12-19(16)25)28-14-6-10-21(28)23-22(20-9-4-5-13-26-20)27-24(30)29(23)17-7-2-3-8-17/h4-6,9-15,17,22-23H,2-3,7-8H2,1H3,(H,27,30)/t22-,23-/m1/s1. The number of aromatic nitrogens is 2. The minimum Gasteiger partial charge on any atom is -0.352 e. The molecule has 6 heteroatoms. The summed E-state index contributed by atoms with van der Waals surface area (Å²) in [5, 5.41) is 5.22. The fourth-order valence-electron chi connectivity index (χ4n) is 4.91. The molecule has 2 aliphatic rings. The van der Waals surface area contributed by atoms with E-state index in [1.165, 1.54) is 31.4 Å². The highest BCUT2D eigenvalue weighted by atomic mass is 35.5. The average Bonchev–Trinajstić information content (AvgIpc) is 3.50. The lowest BCUT2D eigenvalue weighted by Gasteiger charge is -2.33. The van der Waals surface area contributed by atoms with Gasteiger partial charge in [0.25, 0.3) is 0 Å². The molecule has 2 fully saturated rings. The molecule has 3 aromatic rings. The number of nitrogens with zero attached hydrogens (tertiary/aromatic N) is 3. The largest absolute Gasteiger partial charge is 0.352 e. The molecule has 0 bridgehead atoms. The van der Waals surface area contributed by atoms with Crippen LogP contribution in [0.3, 0.4) is 0 Å². The molecule has 0 unspecified atom stereocenters. The normalized spacial score (nSPS) is 21.9. The molecule has 1 aliphatic carbocycles. The quantitative estimate of drug-likeness (QED) is 0.528. The van der Waals surface area contributed by atoms with E-state index in [-0.39, 0.29) is 12.1 Å². The van der Waals surface area contributed by atoms with E-state index in [2.05, 4.69) is 56.3 Å². The van der Waals surface area contributed by atoms with Gasteiger partial charge in [-0.3, -0.25) is 4.98 Å². The molecule has 0 radical (unpaired) electrons. The zero-order chi connectivity index (χ0) is 20.7. The van der Waals surface area contributed by atoms with Crippen molar-refractivity contribution in [3.05, 3.63) is 82.9 Å². The number of nitrogens with one attached hydrogen (secondary N) is 1. The zero-order valence-corrected chi connectivity index (χ0v) is 18.5. The summed E-state index contributed by atoms with van der Waals surface area (Å²) in [4.78, 5) is 7.11. The Morgan fingerprint density at radius 2 is 1.93 bits per heavy atom. The van der Waals surface area contributed by atoms with Crippen molar-refractivity contribution in [1.82, 2.24) is 19.8 Å². The SMILES string of the molecule is Cc1cc(-n2cccc2[C@@H]2[C@@H](c3ccccn3)NC(=S)N2C2CCCC2)ccc1Cl. The first kappa shape index (κ1) is 19.6. The summed E-state index contributed by atoms with van der Waals surface area (Å²) >= 11 is 12.2. The highest BCUT2D eigenvalue weighted by Gasteiger charge is 2.44. The predicted octanol–water partition coefficient (Wildman–Crippen LogP) is 5.75. The number of pyridine rings is 1. The van der Waals surface area contributed by atoms with E-state index < -0.39 is 0 Å². The van der Waals surface area contributed by atoms with E-state index in [4.69, 9.17) is 23.8 Å². The molecule has 2 atom stereocenters. The molecule has 1 aliphatic heterocycles. The van der Waals surface area contributed by atoms with Gasteiger partial charge in [-0.05, 0) is 80.0 Å². The van der Waals surface area contributed by atoms with Crippen LogP contribution in [0.1, 0.15) is 54.7 Å². The molecule has 154 valence electrons. The second-order valence-electron chi connectivity index (χ2n) is 8.21.